The van der Waals surface area contributed by atoms with Crippen LogP contribution < -0.4 is 22.3 Å². The molecule has 0 aromatic rings. The topological polar surface area (TPSA) is 29.1 Å². The molecule has 0 aliphatic heterocycles. The van der Waals surface area contributed by atoms with E-state index in [2.05, 4.69) is 17.8 Å². The lowest BCUT2D eigenvalue weighted by Crippen LogP contribution is -3.00. The molecule has 0 atom stereocenters. The molecule has 0 bridgehead atoms. The minimum absolute atomic E-state index is 0. The van der Waals surface area contributed by atoms with Crippen molar-refractivity contribution in [3.63, 3.8) is 0 Å². The zero-order valence-electron chi connectivity index (χ0n) is 8.31. The van der Waals surface area contributed by atoms with Crippen LogP contribution >= 0.6 is 0 Å². The molecule has 1 amide bonds. The number of nitrogens with one attached hydrogen (secondary N) is 1. The van der Waals surface area contributed by atoms with E-state index in [0.717, 1.165) is 0 Å². The van der Waals surface area contributed by atoms with Crippen LogP contribution in [0.1, 0.15) is 25.7 Å². The van der Waals surface area contributed by atoms with E-state index in [-0.39, 0.29) is 33.8 Å². The Morgan fingerprint density at radius 1 is 1.38 bits per heavy atom. The van der Waals surface area contributed by atoms with E-state index in [4.69, 9.17) is 0 Å². The highest BCUT2D eigenvalue weighted by atomic mass is 79.9. The summed E-state index contributed by atoms with van der Waals surface area (Å²) in [6.45, 7) is 0. The molecule has 1 rings (SSSR count). The minimum atomic E-state index is 0. The third-order valence-electron chi connectivity index (χ3n) is 2.14. The van der Waals surface area contributed by atoms with E-state index in [1.165, 1.54) is 25.7 Å². The van der Waals surface area contributed by atoms with Crippen molar-refractivity contribution in [3.05, 3.63) is 0 Å². The maximum absolute atomic E-state index is 11.3. The Bertz CT molecular complexity index is 158. The molecular formula is C9H18BrNOS. The molecule has 0 heterocycles. The van der Waals surface area contributed by atoms with Gasteiger partial charge in [0.15, 0.2) is 5.75 Å². The predicted octanol–water partition coefficient (Wildman–Crippen LogP) is -2.07. The number of carbonyl (C=O) groups is 1. The summed E-state index contributed by atoms with van der Waals surface area (Å²) in [5.41, 5.74) is 0. The maximum atomic E-state index is 11.3. The van der Waals surface area contributed by atoms with Crippen LogP contribution in [0.4, 0.5) is 0 Å². The molecule has 1 saturated carbocycles. The van der Waals surface area contributed by atoms with E-state index in [1.54, 1.807) is 0 Å². The Labute approximate surface area is 94.0 Å². The molecule has 0 aromatic carbocycles. The fraction of sp³-hybridized carbons (Fsp3) is 0.889. The fourth-order valence-corrected chi connectivity index (χ4v) is 2.21. The predicted molar refractivity (Wildman–Crippen MR) is 54.5 cm³/mol. The Hall–Kier alpha value is 0.300. The first-order valence-electron chi connectivity index (χ1n) is 4.52. The van der Waals surface area contributed by atoms with Crippen LogP contribution in [0.3, 0.4) is 0 Å². The number of halogens is 1. The molecule has 13 heavy (non-hydrogen) atoms. The SMILES string of the molecule is C[S+](C)CC(=O)NC1CCCC1.[Br-]. The number of rotatable bonds is 3. The summed E-state index contributed by atoms with van der Waals surface area (Å²) in [5.74, 6) is 0.950. The second-order valence-corrected chi connectivity index (χ2v) is 5.94. The van der Waals surface area contributed by atoms with Gasteiger partial charge >= 0.3 is 0 Å². The van der Waals surface area contributed by atoms with Crippen molar-refractivity contribution >= 4 is 16.8 Å². The van der Waals surface area contributed by atoms with Gasteiger partial charge in [-0.25, -0.2) is 0 Å². The van der Waals surface area contributed by atoms with Gasteiger partial charge in [-0.1, -0.05) is 12.8 Å². The van der Waals surface area contributed by atoms with Gasteiger partial charge in [0.25, 0.3) is 5.91 Å². The van der Waals surface area contributed by atoms with Gasteiger partial charge in [0.2, 0.25) is 0 Å². The summed E-state index contributed by atoms with van der Waals surface area (Å²) in [4.78, 5) is 11.3. The third kappa shape index (κ3) is 5.57. The average Bonchev–Trinajstić information content (AvgIpc) is 2.37. The van der Waals surface area contributed by atoms with E-state index in [0.29, 0.717) is 11.8 Å². The molecule has 1 N–H and O–H groups in total. The van der Waals surface area contributed by atoms with Crippen molar-refractivity contribution in [1.82, 2.24) is 5.32 Å². The van der Waals surface area contributed by atoms with Crippen LogP contribution in [0.15, 0.2) is 0 Å². The van der Waals surface area contributed by atoms with Gasteiger partial charge in [-0.2, -0.15) is 0 Å². The monoisotopic (exact) mass is 267 g/mol. The fourth-order valence-electron chi connectivity index (χ4n) is 1.60. The molecule has 0 aromatic heterocycles. The Morgan fingerprint density at radius 3 is 2.38 bits per heavy atom. The lowest BCUT2D eigenvalue weighted by atomic mass is 10.2. The summed E-state index contributed by atoms with van der Waals surface area (Å²) in [7, 11) is 0.242. The van der Waals surface area contributed by atoms with Gasteiger partial charge in [0.05, 0.1) is 12.5 Å². The molecule has 78 valence electrons. The lowest BCUT2D eigenvalue weighted by Gasteiger charge is -2.09. The minimum Gasteiger partial charge on any atom is -1.00 e. The normalized spacial score (nSPS) is 17.2. The van der Waals surface area contributed by atoms with Crippen LogP contribution in [0.5, 0.6) is 0 Å². The van der Waals surface area contributed by atoms with E-state index >= 15 is 0 Å². The lowest BCUT2D eigenvalue weighted by molar-refractivity contribution is -0.119. The van der Waals surface area contributed by atoms with Crippen molar-refractivity contribution in [2.24, 2.45) is 0 Å². The highest BCUT2D eigenvalue weighted by molar-refractivity contribution is 7.96. The van der Waals surface area contributed by atoms with Crippen LogP contribution in [0.2, 0.25) is 0 Å². The Morgan fingerprint density at radius 2 is 1.92 bits per heavy atom. The van der Waals surface area contributed by atoms with E-state index in [1.807, 2.05) is 0 Å². The summed E-state index contributed by atoms with van der Waals surface area (Å²) in [6, 6.07) is 0.487. The molecule has 1 aliphatic rings. The smallest absolute Gasteiger partial charge is 0.270 e. The van der Waals surface area contributed by atoms with Gasteiger partial charge in [-0.05, 0) is 23.7 Å². The summed E-state index contributed by atoms with van der Waals surface area (Å²) in [6.07, 6.45) is 9.16. The second kappa shape index (κ2) is 6.71. The first-order valence-corrected chi connectivity index (χ1v) is 6.73. The first-order chi connectivity index (χ1) is 5.68. The number of amides is 1. The van der Waals surface area contributed by atoms with Crippen molar-refractivity contribution in [1.29, 1.82) is 0 Å². The van der Waals surface area contributed by atoms with E-state index in [9.17, 15) is 4.79 Å². The van der Waals surface area contributed by atoms with Crippen molar-refractivity contribution in [2.75, 3.05) is 18.3 Å². The van der Waals surface area contributed by atoms with Gasteiger partial charge in [-0.3, -0.25) is 4.79 Å². The standard InChI is InChI=1S/C9H17NOS.BrH/c1-12(2)7-9(11)10-8-5-3-4-6-8;/h8H,3-7H2,1-2H3;1H. The maximum Gasteiger partial charge on any atom is 0.270 e. The Balaban J connectivity index is 0.00000144. The highest BCUT2D eigenvalue weighted by Gasteiger charge is 2.19. The zero-order chi connectivity index (χ0) is 8.97. The second-order valence-electron chi connectivity index (χ2n) is 3.68. The highest BCUT2D eigenvalue weighted by Crippen LogP contribution is 2.17. The van der Waals surface area contributed by atoms with Crippen LogP contribution in [0.25, 0.3) is 0 Å². The van der Waals surface area contributed by atoms with Crippen LogP contribution in [0, 0.1) is 0 Å². The molecule has 0 saturated heterocycles. The third-order valence-corrected chi connectivity index (χ3v) is 2.98. The molecule has 0 spiro atoms. The van der Waals surface area contributed by atoms with Gasteiger partial charge in [-0.15, -0.1) is 0 Å². The molecule has 4 heteroatoms. The molecule has 2 nitrogen and oxygen atoms in total. The van der Waals surface area contributed by atoms with E-state index < -0.39 is 0 Å². The number of hydrogen-bond donors (Lipinski definition) is 1. The number of hydrogen-bond acceptors (Lipinski definition) is 1. The van der Waals surface area contributed by atoms with Crippen LogP contribution in [-0.4, -0.2) is 30.2 Å². The molecule has 0 radical (unpaired) electrons. The summed E-state index contributed by atoms with van der Waals surface area (Å²) in [5, 5.41) is 3.08. The van der Waals surface area contributed by atoms with Gasteiger partial charge < -0.3 is 22.3 Å². The van der Waals surface area contributed by atoms with Gasteiger partial charge in [0, 0.05) is 6.04 Å². The first kappa shape index (κ1) is 13.3. The quantitative estimate of drug-likeness (QED) is 0.585. The van der Waals surface area contributed by atoms with Crippen molar-refractivity contribution < 1.29 is 21.8 Å². The average molecular weight is 268 g/mol. The largest absolute Gasteiger partial charge is 1.00 e. The summed E-state index contributed by atoms with van der Waals surface area (Å²) < 4.78 is 0. The zero-order valence-corrected chi connectivity index (χ0v) is 10.7. The molecule has 1 fully saturated rings. The molecule has 0 unspecified atom stereocenters. The molecular weight excluding hydrogens is 250 g/mol. The van der Waals surface area contributed by atoms with Gasteiger partial charge in [0.1, 0.15) is 0 Å². The van der Waals surface area contributed by atoms with Crippen LogP contribution in [-0.2, 0) is 15.7 Å². The molecule has 1 aliphatic carbocycles. The van der Waals surface area contributed by atoms with Crippen molar-refractivity contribution in [3.8, 4) is 0 Å². The Kier molecular flexibility index (Phi) is 6.86. The van der Waals surface area contributed by atoms with Crippen molar-refractivity contribution in [2.45, 2.75) is 31.7 Å². The summed E-state index contributed by atoms with van der Waals surface area (Å²) >= 11 is 0. The number of carbonyl (C=O) groups excluding carboxylic acids is 1.